The first-order chi connectivity index (χ1) is 11.6. The molecule has 0 bridgehead atoms. The highest BCUT2D eigenvalue weighted by Gasteiger charge is 2.24. The maximum atomic E-state index is 12.7. The van der Waals surface area contributed by atoms with Crippen molar-refractivity contribution in [1.82, 2.24) is 0 Å². The van der Waals surface area contributed by atoms with E-state index in [0.29, 0.717) is 18.5 Å². The molecule has 1 amide bonds. The average molecular weight is 322 g/mol. The molecule has 126 valence electrons. The van der Waals surface area contributed by atoms with Crippen LogP contribution in [0.15, 0.2) is 48.5 Å². The predicted molar refractivity (Wildman–Crippen MR) is 101 cm³/mol. The highest BCUT2D eigenvalue weighted by molar-refractivity contribution is 5.95. The summed E-state index contributed by atoms with van der Waals surface area (Å²) in [7, 11) is 0. The van der Waals surface area contributed by atoms with Crippen LogP contribution in [0.5, 0.6) is 0 Å². The van der Waals surface area contributed by atoms with Gasteiger partial charge in [-0.05, 0) is 48.9 Å². The van der Waals surface area contributed by atoms with Gasteiger partial charge in [0.05, 0.1) is 6.54 Å². The number of rotatable bonds is 4. The zero-order chi connectivity index (χ0) is 17.1. The molecule has 1 aliphatic rings. The lowest BCUT2D eigenvalue weighted by Crippen LogP contribution is -2.42. The molecule has 3 nitrogen and oxygen atoms in total. The lowest BCUT2D eigenvalue weighted by Gasteiger charge is -2.36. The fraction of sp³-hybridized carbons (Fsp3) is 0.381. The van der Waals surface area contributed by atoms with E-state index in [1.165, 1.54) is 16.8 Å². The minimum absolute atomic E-state index is 0.0478. The molecule has 1 heterocycles. The van der Waals surface area contributed by atoms with Crippen LogP contribution in [0.2, 0.25) is 0 Å². The Bertz CT molecular complexity index is 723. The Labute approximate surface area is 144 Å². The molecule has 0 saturated carbocycles. The number of fused-ring (bicyclic) bond motifs is 1. The van der Waals surface area contributed by atoms with Crippen molar-refractivity contribution in [2.24, 2.45) is 0 Å². The van der Waals surface area contributed by atoms with E-state index < -0.39 is 0 Å². The highest BCUT2D eigenvalue weighted by Crippen LogP contribution is 2.30. The zero-order valence-electron chi connectivity index (χ0n) is 14.8. The summed E-state index contributed by atoms with van der Waals surface area (Å²) in [6.07, 6.45) is 2.18. The molecule has 2 aromatic rings. The molecule has 2 aromatic carbocycles. The molecular weight excluding hydrogens is 296 g/mol. The van der Waals surface area contributed by atoms with E-state index in [9.17, 15) is 4.79 Å². The molecule has 0 radical (unpaired) electrons. The summed E-state index contributed by atoms with van der Waals surface area (Å²) in [6.45, 7) is 6.89. The van der Waals surface area contributed by atoms with Crippen molar-refractivity contribution in [2.75, 3.05) is 16.8 Å². The number of benzene rings is 2. The van der Waals surface area contributed by atoms with Crippen LogP contribution in [0.25, 0.3) is 0 Å². The molecule has 0 aromatic heterocycles. The largest absolute Gasteiger partial charge is 0.359 e. The van der Waals surface area contributed by atoms with Gasteiger partial charge in [0, 0.05) is 17.4 Å². The summed E-state index contributed by atoms with van der Waals surface area (Å²) in [4.78, 5) is 14.9. The van der Waals surface area contributed by atoms with Gasteiger partial charge in [0.1, 0.15) is 0 Å². The number of hydrogen-bond acceptors (Lipinski definition) is 2. The number of nitrogens with one attached hydrogen (secondary N) is 1. The third-order valence-corrected chi connectivity index (χ3v) is 4.84. The second-order valence-electron chi connectivity index (χ2n) is 6.93. The van der Waals surface area contributed by atoms with Crippen molar-refractivity contribution in [3.05, 3.63) is 59.7 Å². The first kappa shape index (κ1) is 16.6. The fourth-order valence-electron chi connectivity index (χ4n) is 3.46. The van der Waals surface area contributed by atoms with Gasteiger partial charge in [-0.25, -0.2) is 0 Å². The SMILES string of the molecule is CC(C)c1ccccc1NC(=O)CN1c2ccccc2CC[C@@H]1C. The molecule has 0 unspecified atom stereocenters. The summed E-state index contributed by atoms with van der Waals surface area (Å²) in [5, 5.41) is 3.11. The molecule has 1 N–H and O–H groups in total. The second kappa shape index (κ2) is 7.08. The molecule has 3 rings (SSSR count). The van der Waals surface area contributed by atoms with E-state index in [2.05, 4.69) is 61.3 Å². The number of anilines is 2. The Morgan fingerprint density at radius 3 is 2.67 bits per heavy atom. The molecule has 0 fully saturated rings. The normalized spacial score (nSPS) is 16.8. The average Bonchev–Trinajstić information content (AvgIpc) is 2.58. The van der Waals surface area contributed by atoms with Crippen molar-refractivity contribution in [1.29, 1.82) is 0 Å². The van der Waals surface area contributed by atoms with Crippen LogP contribution in [0.3, 0.4) is 0 Å². The minimum Gasteiger partial charge on any atom is -0.359 e. The van der Waals surface area contributed by atoms with Crippen molar-refractivity contribution in [3.63, 3.8) is 0 Å². The van der Waals surface area contributed by atoms with Crippen molar-refractivity contribution >= 4 is 17.3 Å². The Morgan fingerprint density at radius 1 is 1.17 bits per heavy atom. The second-order valence-corrected chi connectivity index (χ2v) is 6.93. The number of carbonyl (C=O) groups excluding carboxylic acids is 1. The topological polar surface area (TPSA) is 32.3 Å². The van der Waals surface area contributed by atoms with Gasteiger partial charge in [0.25, 0.3) is 0 Å². The van der Waals surface area contributed by atoms with Crippen LogP contribution in [0.4, 0.5) is 11.4 Å². The molecule has 0 spiro atoms. The Balaban J connectivity index is 1.76. The standard InChI is InChI=1S/C21H26N2O/c1-15(2)18-9-5-6-10-19(18)22-21(24)14-23-16(3)12-13-17-8-4-7-11-20(17)23/h4-11,15-16H,12-14H2,1-3H3,(H,22,24)/t16-/m0/s1. The maximum absolute atomic E-state index is 12.7. The zero-order valence-corrected chi connectivity index (χ0v) is 14.8. The lowest BCUT2D eigenvalue weighted by molar-refractivity contribution is -0.115. The van der Waals surface area contributed by atoms with E-state index in [0.717, 1.165) is 18.5 Å². The molecule has 3 heteroatoms. The summed E-state index contributed by atoms with van der Waals surface area (Å²) >= 11 is 0. The van der Waals surface area contributed by atoms with Gasteiger partial charge in [0.2, 0.25) is 5.91 Å². The summed E-state index contributed by atoms with van der Waals surface area (Å²) in [5.74, 6) is 0.433. The van der Waals surface area contributed by atoms with Crippen LogP contribution in [-0.4, -0.2) is 18.5 Å². The number of nitrogens with zero attached hydrogens (tertiary/aromatic N) is 1. The summed E-state index contributed by atoms with van der Waals surface area (Å²) < 4.78 is 0. The monoisotopic (exact) mass is 322 g/mol. The van der Waals surface area contributed by atoms with Gasteiger partial charge in [-0.15, -0.1) is 0 Å². The van der Waals surface area contributed by atoms with Crippen LogP contribution in [-0.2, 0) is 11.2 Å². The molecule has 24 heavy (non-hydrogen) atoms. The van der Waals surface area contributed by atoms with Crippen LogP contribution in [0.1, 0.15) is 44.2 Å². The molecule has 1 aliphatic heterocycles. The third kappa shape index (κ3) is 3.45. The number of amides is 1. The van der Waals surface area contributed by atoms with Gasteiger partial charge >= 0.3 is 0 Å². The summed E-state index contributed by atoms with van der Waals surface area (Å²) in [6, 6.07) is 16.9. The number of aryl methyl sites for hydroxylation is 1. The van der Waals surface area contributed by atoms with Gasteiger partial charge in [0.15, 0.2) is 0 Å². The van der Waals surface area contributed by atoms with Crippen LogP contribution in [0, 0.1) is 0 Å². The fourth-order valence-corrected chi connectivity index (χ4v) is 3.46. The van der Waals surface area contributed by atoms with Gasteiger partial charge in [-0.1, -0.05) is 50.2 Å². The Morgan fingerprint density at radius 2 is 1.88 bits per heavy atom. The number of hydrogen-bond donors (Lipinski definition) is 1. The number of carbonyl (C=O) groups is 1. The van der Waals surface area contributed by atoms with Gasteiger partial charge in [-0.3, -0.25) is 4.79 Å². The quantitative estimate of drug-likeness (QED) is 0.893. The predicted octanol–water partition coefficient (Wildman–Crippen LogP) is 4.59. The highest BCUT2D eigenvalue weighted by atomic mass is 16.2. The summed E-state index contributed by atoms with van der Waals surface area (Å²) in [5.41, 5.74) is 4.64. The van der Waals surface area contributed by atoms with E-state index in [4.69, 9.17) is 0 Å². The Hall–Kier alpha value is -2.29. The third-order valence-electron chi connectivity index (χ3n) is 4.84. The first-order valence-corrected chi connectivity index (χ1v) is 8.79. The van der Waals surface area contributed by atoms with Crippen molar-refractivity contribution < 1.29 is 4.79 Å². The minimum atomic E-state index is 0.0478. The van der Waals surface area contributed by atoms with Crippen LogP contribution < -0.4 is 10.2 Å². The Kier molecular flexibility index (Phi) is 4.89. The van der Waals surface area contributed by atoms with Gasteiger partial charge in [-0.2, -0.15) is 0 Å². The van der Waals surface area contributed by atoms with E-state index in [1.54, 1.807) is 0 Å². The maximum Gasteiger partial charge on any atom is 0.243 e. The molecular formula is C21H26N2O. The van der Waals surface area contributed by atoms with E-state index in [-0.39, 0.29) is 5.91 Å². The lowest BCUT2D eigenvalue weighted by atomic mass is 9.96. The van der Waals surface area contributed by atoms with Crippen molar-refractivity contribution in [3.8, 4) is 0 Å². The number of para-hydroxylation sites is 2. The molecule has 0 saturated heterocycles. The van der Waals surface area contributed by atoms with E-state index in [1.807, 2.05) is 18.2 Å². The van der Waals surface area contributed by atoms with Crippen LogP contribution >= 0.6 is 0 Å². The van der Waals surface area contributed by atoms with E-state index >= 15 is 0 Å². The molecule has 0 aliphatic carbocycles. The van der Waals surface area contributed by atoms with Gasteiger partial charge < -0.3 is 10.2 Å². The first-order valence-electron chi connectivity index (χ1n) is 8.79. The smallest absolute Gasteiger partial charge is 0.243 e. The van der Waals surface area contributed by atoms with Crippen molar-refractivity contribution in [2.45, 2.75) is 45.6 Å². The molecule has 1 atom stereocenters.